The molecular formula is C29H39N. The molecule has 0 saturated heterocycles. The van der Waals surface area contributed by atoms with Crippen molar-refractivity contribution in [3.63, 3.8) is 0 Å². The van der Waals surface area contributed by atoms with Gasteiger partial charge in [0.05, 0.1) is 0 Å². The van der Waals surface area contributed by atoms with Crippen molar-refractivity contribution >= 4 is 5.69 Å². The molecule has 0 bridgehead atoms. The van der Waals surface area contributed by atoms with Gasteiger partial charge in [-0.1, -0.05) is 101 Å². The molecule has 2 aromatic rings. The smallest absolute Gasteiger partial charge is 0.0362 e. The van der Waals surface area contributed by atoms with Gasteiger partial charge in [-0.2, -0.15) is 0 Å². The van der Waals surface area contributed by atoms with Crippen LogP contribution in [0.3, 0.4) is 0 Å². The Bertz CT molecular complexity index is 828. The number of hydrogen-bond donors (Lipinski definition) is 1. The van der Waals surface area contributed by atoms with E-state index in [-0.39, 0.29) is 5.41 Å². The Kier molecular flexibility index (Phi) is 5.89. The molecule has 2 N–H and O–H groups in total. The second-order valence-corrected chi connectivity index (χ2v) is 10.3. The number of fused-ring (bicyclic) bond motifs is 3. The molecular weight excluding hydrogens is 362 g/mol. The SMILES string of the molecule is Nc1cccc2c1C(C1CCCCCCC1)(C1CCCCCCC1)c1ccccc1-2. The van der Waals surface area contributed by atoms with Crippen LogP contribution >= 0.6 is 0 Å². The topological polar surface area (TPSA) is 26.0 Å². The molecule has 1 nitrogen and oxygen atoms in total. The third-order valence-electron chi connectivity index (χ3n) is 8.67. The number of rotatable bonds is 2. The third kappa shape index (κ3) is 3.29. The van der Waals surface area contributed by atoms with Gasteiger partial charge in [0.15, 0.2) is 0 Å². The first-order chi connectivity index (χ1) is 14.8. The standard InChI is InChI=1S/C29H39N/c30-27-21-13-19-25-24-18-11-12-20-26(24)29(28(25)27,22-14-7-3-1-4-8-15-22)23-16-9-5-2-6-10-17-23/h11-13,18-23H,1-10,14-17,30H2. The zero-order valence-corrected chi connectivity index (χ0v) is 18.7. The van der Waals surface area contributed by atoms with E-state index >= 15 is 0 Å². The molecule has 0 amide bonds. The molecule has 3 aliphatic carbocycles. The van der Waals surface area contributed by atoms with Crippen LogP contribution in [0.4, 0.5) is 5.69 Å². The summed E-state index contributed by atoms with van der Waals surface area (Å²) in [4.78, 5) is 0. The molecule has 0 heterocycles. The lowest BCUT2D eigenvalue weighted by Gasteiger charge is -2.48. The molecule has 2 saturated carbocycles. The van der Waals surface area contributed by atoms with Crippen molar-refractivity contribution in [1.82, 2.24) is 0 Å². The number of nitrogen functional groups attached to an aromatic ring is 1. The van der Waals surface area contributed by atoms with Gasteiger partial charge in [-0.05, 0) is 65.8 Å². The van der Waals surface area contributed by atoms with E-state index in [1.807, 2.05) is 0 Å². The van der Waals surface area contributed by atoms with Crippen molar-refractivity contribution in [2.75, 3.05) is 5.73 Å². The Morgan fingerprint density at radius 3 is 1.67 bits per heavy atom. The summed E-state index contributed by atoms with van der Waals surface area (Å²) < 4.78 is 0. The first kappa shape index (κ1) is 20.2. The van der Waals surface area contributed by atoms with E-state index in [9.17, 15) is 0 Å². The van der Waals surface area contributed by atoms with E-state index in [4.69, 9.17) is 5.73 Å². The van der Waals surface area contributed by atoms with Gasteiger partial charge >= 0.3 is 0 Å². The molecule has 5 rings (SSSR count). The van der Waals surface area contributed by atoms with Crippen molar-refractivity contribution in [2.24, 2.45) is 11.8 Å². The van der Waals surface area contributed by atoms with Gasteiger partial charge < -0.3 is 5.73 Å². The number of hydrogen-bond acceptors (Lipinski definition) is 1. The van der Waals surface area contributed by atoms with E-state index < -0.39 is 0 Å². The normalized spacial score (nSPS) is 22.9. The Labute approximate surface area is 183 Å². The minimum absolute atomic E-state index is 0.131. The Morgan fingerprint density at radius 2 is 1.07 bits per heavy atom. The van der Waals surface area contributed by atoms with Crippen LogP contribution in [0.25, 0.3) is 11.1 Å². The second-order valence-electron chi connectivity index (χ2n) is 10.3. The van der Waals surface area contributed by atoms with Crippen molar-refractivity contribution < 1.29 is 0 Å². The van der Waals surface area contributed by atoms with Gasteiger partial charge in [0.1, 0.15) is 0 Å². The van der Waals surface area contributed by atoms with Crippen molar-refractivity contribution in [1.29, 1.82) is 0 Å². The monoisotopic (exact) mass is 401 g/mol. The highest BCUT2D eigenvalue weighted by Gasteiger charge is 2.53. The molecule has 1 heteroatoms. The molecule has 160 valence electrons. The van der Waals surface area contributed by atoms with Crippen LogP contribution < -0.4 is 5.73 Å². The molecule has 3 aliphatic rings. The predicted molar refractivity (Wildman–Crippen MR) is 129 cm³/mol. The first-order valence-corrected chi connectivity index (χ1v) is 12.8. The molecule has 0 aliphatic heterocycles. The largest absolute Gasteiger partial charge is 0.398 e. The van der Waals surface area contributed by atoms with Gasteiger partial charge in [0.2, 0.25) is 0 Å². The quantitative estimate of drug-likeness (QED) is 0.504. The molecule has 0 aromatic heterocycles. The predicted octanol–water partition coefficient (Wildman–Crippen LogP) is 8.26. The summed E-state index contributed by atoms with van der Waals surface area (Å²) in [6.07, 6.45) is 19.6. The van der Waals surface area contributed by atoms with Gasteiger partial charge in [-0.15, -0.1) is 0 Å². The average molecular weight is 402 g/mol. The van der Waals surface area contributed by atoms with Crippen LogP contribution in [-0.4, -0.2) is 0 Å². The molecule has 2 aromatic carbocycles. The van der Waals surface area contributed by atoms with Crippen LogP contribution in [-0.2, 0) is 5.41 Å². The maximum absolute atomic E-state index is 6.88. The van der Waals surface area contributed by atoms with Crippen LogP contribution in [0, 0.1) is 11.8 Å². The highest BCUT2D eigenvalue weighted by molar-refractivity contribution is 5.86. The number of anilines is 1. The Hall–Kier alpha value is -1.76. The maximum atomic E-state index is 6.88. The molecule has 0 spiro atoms. The minimum Gasteiger partial charge on any atom is -0.398 e. The summed E-state index contributed by atoms with van der Waals surface area (Å²) in [5, 5.41) is 0. The number of benzene rings is 2. The second kappa shape index (κ2) is 8.77. The summed E-state index contributed by atoms with van der Waals surface area (Å²) in [6.45, 7) is 0. The summed E-state index contributed by atoms with van der Waals surface area (Å²) >= 11 is 0. The lowest BCUT2D eigenvalue weighted by atomic mass is 9.55. The van der Waals surface area contributed by atoms with Gasteiger partial charge in [-0.25, -0.2) is 0 Å². The summed E-state index contributed by atoms with van der Waals surface area (Å²) in [5.74, 6) is 1.46. The zero-order valence-electron chi connectivity index (χ0n) is 18.7. The van der Waals surface area contributed by atoms with Crippen molar-refractivity contribution in [3.8, 4) is 11.1 Å². The molecule has 0 atom stereocenters. The Balaban J connectivity index is 1.73. The molecule has 30 heavy (non-hydrogen) atoms. The van der Waals surface area contributed by atoms with Gasteiger partial charge in [0, 0.05) is 11.1 Å². The minimum atomic E-state index is 0.131. The van der Waals surface area contributed by atoms with E-state index in [0.717, 1.165) is 17.5 Å². The van der Waals surface area contributed by atoms with Gasteiger partial charge in [-0.3, -0.25) is 0 Å². The number of nitrogens with two attached hydrogens (primary N) is 1. The summed E-state index contributed by atoms with van der Waals surface area (Å²) in [6, 6.07) is 16.1. The van der Waals surface area contributed by atoms with Crippen molar-refractivity contribution in [3.05, 3.63) is 53.6 Å². The highest BCUT2D eigenvalue weighted by Crippen LogP contribution is 2.62. The van der Waals surface area contributed by atoms with Gasteiger partial charge in [0.25, 0.3) is 0 Å². The van der Waals surface area contributed by atoms with Crippen LogP contribution in [0.1, 0.15) is 101 Å². The third-order valence-corrected chi connectivity index (χ3v) is 8.67. The highest BCUT2D eigenvalue weighted by atomic mass is 14.6. The van der Waals surface area contributed by atoms with Crippen LogP contribution in [0.15, 0.2) is 42.5 Å². The van der Waals surface area contributed by atoms with Crippen molar-refractivity contribution in [2.45, 2.75) is 95.3 Å². The fourth-order valence-electron chi connectivity index (χ4n) is 7.47. The maximum Gasteiger partial charge on any atom is 0.0362 e. The molecule has 0 unspecified atom stereocenters. The summed E-state index contributed by atoms with van der Waals surface area (Å²) in [5.41, 5.74) is 14.1. The molecule has 2 fully saturated rings. The van der Waals surface area contributed by atoms with E-state index in [0.29, 0.717) is 0 Å². The lowest BCUT2D eigenvalue weighted by Crippen LogP contribution is -2.43. The Morgan fingerprint density at radius 1 is 0.567 bits per heavy atom. The van der Waals surface area contributed by atoms with E-state index in [1.165, 1.54) is 107 Å². The van der Waals surface area contributed by atoms with Crippen LogP contribution in [0.2, 0.25) is 0 Å². The lowest BCUT2D eigenvalue weighted by molar-refractivity contribution is 0.155. The average Bonchev–Trinajstić information content (AvgIpc) is 3.00. The fourth-order valence-corrected chi connectivity index (χ4v) is 7.47. The van der Waals surface area contributed by atoms with E-state index in [1.54, 1.807) is 5.56 Å². The zero-order chi connectivity index (χ0) is 20.4. The summed E-state index contributed by atoms with van der Waals surface area (Å²) in [7, 11) is 0. The van der Waals surface area contributed by atoms with Crippen LogP contribution in [0.5, 0.6) is 0 Å². The van der Waals surface area contributed by atoms with E-state index in [2.05, 4.69) is 42.5 Å². The fraction of sp³-hybridized carbons (Fsp3) is 0.586. The molecule has 0 radical (unpaired) electrons. The first-order valence-electron chi connectivity index (χ1n) is 12.8.